The van der Waals surface area contributed by atoms with E-state index in [0.717, 1.165) is 19.3 Å². The first-order valence-electron chi connectivity index (χ1n) is 4.42. The standard InChI is InChI=1S/C12H15/c1-3-4-5-8-12-9-6-7-11(2)10-12/h1,3,6-7,9-10H,4-5,8H2,2H3. The molecule has 0 unspecified atom stereocenters. The van der Waals surface area contributed by atoms with E-state index in [0.29, 0.717) is 0 Å². The van der Waals surface area contributed by atoms with Crippen molar-refractivity contribution >= 4 is 0 Å². The van der Waals surface area contributed by atoms with Crippen molar-refractivity contribution in [2.24, 2.45) is 0 Å². The molecule has 0 bridgehead atoms. The molecule has 0 aliphatic rings. The van der Waals surface area contributed by atoms with E-state index in [1.165, 1.54) is 11.1 Å². The summed E-state index contributed by atoms with van der Waals surface area (Å²) in [6.45, 7) is 7.42. The van der Waals surface area contributed by atoms with Crippen molar-refractivity contribution in [1.82, 2.24) is 0 Å². The molecule has 1 aromatic carbocycles. The normalized spacial score (nSPS) is 9.75. The van der Waals surface area contributed by atoms with Crippen molar-refractivity contribution in [3.05, 3.63) is 48.0 Å². The highest BCUT2D eigenvalue weighted by Crippen LogP contribution is 2.07. The lowest BCUT2D eigenvalue weighted by Gasteiger charge is -2.00. The van der Waals surface area contributed by atoms with E-state index < -0.39 is 0 Å². The van der Waals surface area contributed by atoms with Crippen molar-refractivity contribution in [1.29, 1.82) is 0 Å². The maximum atomic E-state index is 5.30. The predicted octanol–water partition coefficient (Wildman–Crippen LogP) is 3.31. The number of aryl methyl sites for hydroxylation is 2. The molecule has 0 aliphatic carbocycles. The van der Waals surface area contributed by atoms with Crippen LogP contribution in [0.3, 0.4) is 0 Å². The fourth-order valence-corrected chi connectivity index (χ4v) is 1.29. The molecule has 0 heterocycles. The van der Waals surface area contributed by atoms with Crippen molar-refractivity contribution < 1.29 is 0 Å². The van der Waals surface area contributed by atoms with Gasteiger partial charge in [0, 0.05) is 0 Å². The molecular weight excluding hydrogens is 144 g/mol. The van der Waals surface area contributed by atoms with Gasteiger partial charge in [0.05, 0.1) is 0 Å². The Labute approximate surface area is 74.9 Å². The van der Waals surface area contributed by atoms with Crippen LogP contribution in [0.5, 0.6) is 0 Å². The second-order valence-corrected chi connectivity index (χ2v) is 3.12. The molecule has 0 spiro atoms. The van der Waals surface area contributed by atoms with E-state index in [1.807, 2.05) is 0 Å². The summed E-state index contributed by atoms with van der Waals surface area (Å²) in [6.07, 6.45) is 5.03. The third-order valence-corrected chi connectivity index (χ3v) is 1.92. The van der Waals surface area contributed by atoms with Gasteiger partial charge in [0.1, 0.15) is 0 Å². The molecule has 0 aliphatic heterocycles. The van der Waals surface area contributed by atoms with Gasteiger partial charge in [-0.2, -0.15) is 0 Å². The number of hydrogen-bond acceptors (Lipinski definition) is 0. The van der Waals surface area contributed by atoms with Crippen LogP contribution in [0.25, 0.3) is 0 Å². The molecule has 0 heteroatoms. The van der Waals surface area contributed by atoms with Crippen LogP contribution in [0.4, 0.5) is 0 Å². The quantitative estimate of drug-likeness (QED) is 0.591. The topological polar surface area (TPSA) is 0 Å². The average molecular weight is 159 g/mol. The van der Waals surface area contributed by atoms with Crippen LogP contribution in [0.15, 0.2) is 30.3 Å². The summed E-state index contributed by atoms with van der Waals surface area (Å²) in [5.74, 6) is 0. The van der Waals surface area contributed by atoms with Gasteiger partial charge in [-0.05, 0) is 31.7 Å². The van der Waals surface area contributed by atoms with Gasteiger partial charge in [-0.25, -0.2) is 0 Å². The molecule has 0 saturated carbocycles. The van der Waals surface area contributed by atoms with Crippen molar-refractivity contribution in [2.45, 2.75) is 26.2 Å². The fourth-order valence-electron chi connectivity index (χ4n) is 1.29. The minimum absolute atomic E-state index is 1.01. The first kappa shape index (κ1) is 9.05. The summed E-state index contributed by atoms with van der Waals surface area (Å²) in [5, 5.41) is 0. The van der Waals surface area contributed by atoms with E-state index in [1.54, 1.807) is 6.08 Å². The molecule has 0 N–H and O–H groups in total. The first-order chi connectivity index (χ1) is 5.83. The number of allylic oxidation sites excluding steroid dienone is 1. The SMILES string of the molecule is [CH]=CCCCc1cccc(C)c1. The zero-order chi connectivity index (χ0) is 8.81. The third-order valence-electron chi connectivity index (χ3n) is 1.92. The molecule has 1 radical (unpaired) electrons. The molecule has 0 fully saturated rings. The summed E-state index contributed by atoms with van der Waals surface area (Å²) in [6, 6.07) is 8.63. The third kappa shape index (κ3) is 2.91. The van der Waals surface area contributed by atoms with Crippen LogP contribution in [0.1, 0.15) is 24.0 Å². The first-order valence-corrected chi connectivity index (χ1v) is 4.42. The minimum atomic E-state index is 1.01. The molecule has 0 amide bonds. The zero-order valence-corrected chi connectivity index (χ0v) is 7.59. The van der Waals surface area contributed by atoms with Crippen molar-refractivity contribution in [3.8, 4) is 0 Å². The van der Waals surface area contributed by atoms with E-state index in [9.17, 15) is 0 Å². The fraction of sp³-hybridized carbons (Fsp3) is 0.333. The van der Waals surface area contributed by atoms with Gasteiger partial charge in [0.25, 0.3) is 0 Å². The number of unbranched alkanes of at least 4 members (excludes halogenated alkanes) is 1. The average Bonchev–Trinajstić information content (AvgIpc) is 2.05. The maximum absolute atomic E-state index is 5.30. The Morgan fingerprint density at radius 3 is 2.92 bits per heavy atom. The largest absolute Gasteiger partial charge is 0.0845 e. The molecule has 12 heavy (non-hydrogen) atoms. The lowest BCUT2D eigenvalue weighted by Crippen LogP contribution is -1.84. The summed E-state index contributed by atoms with van der Waals surface area (Å²) in [5.41, 5.74) is 2.75. The molecule has 0 saturated heterocycles. The Balaban J connectivity index is 2.46. The van der Waals surface area contributed by atoms with Crippen LogP contribution in [-0.4, -0.2) is 0 Å². The highest BCUT2D eigenvalue weighted by atomic mass is 14.0. The van der Waals surface area contributed by atoms with E-state index in [2.05, 4.69) is 31.2 Å². The second kappa shape index (κ2) is 4.76. The van der Waals surface area contributed by atoms with Crippen LogP contribution >= 0.6 is 0 Å². The Hall–Kier alpha value is -1.04. The molecule has 1 aromatic rings. The lowest BCUT2D eigenvalue weighted by molar-refractivity contribution is 0.842. The molecule has 0 aromatic heterocycles. The van der Waals surface area contributed by atoms with Gasteiger partial charge in [-0.1, -0.05) is 42.5 Å². The summed E-state index contributed by atoms with van der Waals surface area (Å²) in [7, 11) is 0. The smallest absolute Gasteiger partial charge is 0.0276 e. The van der Waals surface area contributed by atoms with Crippen LogP contribution in [0.2, 0.25) is 0 Å². The molecule has 1 rings (SSSR count). The van der Waals surface area contributed by atoms with Gasteiger partial charge in [-0.3, -0.25) is 0 Å². The summed E-state index contributed by atoms with van der Waals surface area (Å²) < 4.78 is 0. The number of benzene rings is 1. The van der Waals surface area contributed by atoms with Crippen LogP contribution in [-0.2, 0) is 6.42 Å². The summed E-state index contributed by atoms with van der Waals surface area (Å²) in [4.78, 5) is 0. The lowest BCUT2D eigenvalue weighted by atomic mass is 10.1. The summed E-state index contributed by atoms with van der Waals surface area (Å²) >= 11 is 0. The molecule has 0 nitrogen and oxygen atoms in total. The van der Waals surface area contributed by atoms with Crippen LogP contribution < -0.4 is 0 Å². The molecule has 0 atom stereocenters. The Bertz CT molecular complexity index is 248. The van der Waals surface area contributed by atoms with Crippen LogP contribution in [0, 0.1) is 13.5 Å². The van der Waals surface area contributed by atoms with Gasteiger partial charge in [0.2, 0.25) is 0 Å². The Morgan fingerprint density at radius 1 is 1.42 bits per heavy atom. The van der Waals surface area contributed by atoms with E-state index >= 15 is 0 Å². The van der Waals surface area contributed by atoms with Gasteiger partial charge in [-0.15, -0.1) is 0 Å². The second-order valence-electron chi connectivity index (χ2n) is 3.12. The van der Waals surface area contributed by atoms with Gasteiger partial charge < -0.3 is 0 Å². The van der Waals surface area contributed by atoms with Gasteiger partial charge in [0.15, 0.2) is 0 Å². The molecule has 63 valence electrons. The number of rotatable bonds is 4. The zero-order valence-electron chi connectivity index (χ0n) is 7.59. The van der Waals surface area contributed by atoms with Gasteiger partial charge >= 0.3 is 0 Å². The van der Waals surface area contributed by atoms with Crippen molar-refractivity contribution in [2.75, 3.05) is 0 Å². The van der Waals surface area contributed by atoms with E-state index in [4.69, 9.17) is 6.58 Å². The molecular formula is C12H15. The van der Waals surface area contributed by atoms with Crippen molar-refractivity contribution in [3.63, 3.8) is 0 Å². The maximum Gasteiger partial charge on any atom is -0.0276 e. The predicted molar refractivity (Wildman–Crippen MR) is 53.0 cm³/mol. The highest BCUT2D eigenvalue weighted by molar-refractivity contribution is 5.22. The monoisotopic (exact) mass is 159 g/mol. The number of hydrogen-bond donors (Lipinski definition) is 0. The Kier molecular flexibility index (Phi) is 3.59. The minimum Gasteiger partial charge on any atom is -0.0845 e. The van der Waals surface area contributed by atoms with E-state index in [-0.39, 0.29) is 0 Å². The highest BCUT2D eigenvalue weighted by Gasteiger charge is 1.91. The Morgan fingerprint density at radius 2 is 2.25 bits per heavy atom.